The maximum Gasteiger partial charge on any atom is 0.343 e. The normalized spacial score (nSPS) is 21.7. The smallest absolute Gasteiger partial charge is 0.293 e. The number of hydrazine groups is 1. The van der Waals surface area contributed by atoms with Crippen LogP contribution in [-0.2, 0) is 10.2 Å². The monoisotopic (exact) mass is 528 g/mol. The highest BCUT2D eigenvalue weighted by Crippen LogP contribution is 2.39. The van der Waals surface area contributed by atoms with Gasteiger partial charge in [-0.2, -0.15) is 13.5 Å². The molecule has 1 fully saturated rings. The van der Waals surface area contributed by atoms with E-state index in [0.717, 1.165) is 29.5 Å². The van der Waals surface area contributed by atoms with Crippen LogP contribution < -0.4 is 11.1 Å². The largest absolute Gasteiger partial charge is 0.343 e. The molecule has 2 aliphatic rings. The summed E-state index contributed by atoms with van der Waals surface area (Å²) in [6.45, 7) is 24.7. The molecular formula is C26H52N6O3S. The van der Waals surface area contributed by atoms with Crippen LogP contribution in [0.3, 0.4) is 0 Å². The summed E-state index contributed by atoms with van der Waals surface area (Å²) in [6.07, 6.45) is 4.47. The van der Waals surface area contributed by atoms with E-state index in [-0.39, 0.29) is 29.6 Å². The molecule has 0 spiro atoms. The average molecular weight is 529 g/mol. The number of H-pyrrole nitrogens is 1. The number of aromatic nitrogens is 3. The predicted molar refractivity (Wildman–Crippen MR) is 149 cm³/mol. The lowest BCUT2D eigenvalue weighted by atomic mass is 9.89. The van der Waals surface area contributed by atoms with Gasteiger partial charge >= 0.3 is 15.9 Å². The fourth-order valence-electron chi connectivity index (χ4n) is 4.22. The Morgan fingerprint density at radius 1 is 0.806 bits per heavy atom. The lowest BCUT2D eigenvalue weighted by Crippen LogP contribution is -2.44. The van der Waals surface area contributed by atoms with Gasteiger partial charge in [0.15, 0.2) is 0 Å². The van der Waals surface area contributed by atoms with Crippen LogP contribution in [0.4, 0.5) is 0 Å². The number of aromatic amines is 1. The Hall–Kier alpha value is -1.68. The molecule has 36 heavy (non-hydrogen) atoms. The van der Waals surface area contributed by atoms with Crippen LogP contribution in [0.2, 0.25) is 0 Å². The van der Waals surface area contributed by atoms with Gasteiger partial charge < -0.3 is 0 Å². The fourth-order valence-corrected chi connectivity index (χ4v) is 5.55. The lowest BCUT2D eigenvalue weighted by Gasteiger charge is -2.18. The van der Waals surface area contributed by atoms with Gasteiger partial charge in [-0.1, -0.05) is 59.8 Å². The highest BCUT2D eigenvalue weighted by molar-refractivity contribution is 7.88. The van der Waals surface area contributed by atoms with Gasteiger partial charge in [0.2, 0.25) is 0 Å². The minimum atomic E-state index is -3.47. The van der Waals surface area contributed by atoms with Crippen molar-refractivity contribution in [3.05, 3.63) is 16.3 Å². The molecule has 1 aromatic rings. The molecule has 2 heterocycles. The summed E-state index contributed by atoms with van der Waals surface area (Å²) in [7, 11) is -3.47. The number of hydrogen-bond acceptors (Lipinski definition) is 5. The Morgan fingerprint density at radius 2 is 1.31 bits per heavy atom. The third-order valence-corrected chi connectivity index (χ3v) is 8.23. The molecule has 1 aliphatic heterocycles. The van der Waals surface area contributed by atoms with Crippen LogP contribution in [0.25, 0.3) is 0 Å². The molecule has 1 saturated carbocycles. The summed E-state index contributed by atoms with van der Waals surface area (Å²) in [4.78, 5) is 14.0. The van der Waals surface area contributed by atoms with Gasteiger partial charge in [0.25, 0.3) is 0 Å². The zero-order chi connectivity index (χ0) is 28.0. The number of rotatable bonds is 6. The van der Waals surface area contributed by atoms with E-state index in [9.17, 15) is 13.2 Å². The first-order chi connectivity index (χ1) is 16.5. The molecule has 0 bridgehead atoms. The van der Waals surface area contributed by atoms with Gasteiger partial charge in [-0.05, 0) is 70.6 Å². The van der Waals surface area contributed by atoms with E-state index >= 15 is 0 Å². The van der Waals surface area contributed by atoms with Crippen LogP contribution in [0, 0.1) is 29.6 Å². The molecular weight excluding hydrogens is 476 g/mol. The molecule has 1 aliphatic carbocycles. The van der Waals surface area contributed by atoms with Crippen molar-refractivity contribution >= 4 is 16.0 Å². The topological polar surface area (TPSA) is 112 Å². The number of nitrogens with one attached hydrogen (secondary N) is 2. The maximum absolute atomic E-state index is 11.4. The van der Waals surface area contributed by atoms with Crippen LogP contribution >= 0.6 is 0 Å². The molecule has 2 atom stereocenters. The van der Waals surface area contributed by atoms with Crippen LogP contribution in [0.5, 0.6) is 0 Å². The van der Waals surface area contributed by atoms with Crippen molar-refractivity contribution in [2.24, 2.45) is 34.0 Å². The van der Waals surface area contributed by atoms with Crippen molar-refractivity contribution in [1.82, 2.24) is 24.6 Å². The molecule has 0 saturated heterocycles. The minimum Gasteiger partial charge on any atom is -0.293 e. The van der Waals surface area contributed by atoms with Crippen LogP contribution in [-0.4, -0.2) is 39.5 Å². The van der Waals surface area contributed by atoms with Crippen molar-refractivity contribution in [3.8, 4) is 0 Å². The fraction of sp³-hybridized carbons (Fsp3) is 0.885. The molecule has 210 valence electrons. The summed E-state index contributed by atoms with van der Waals surface area (Å²) >= 11 is 0. The average Bonchev–Trinajstić information content (AvgIpc) is 3.45. The van der Waals surface area contributed by atoms with E-state index < -0.39 is 10.2 Å². The molecule has 0 radical (unpaired) electrons. The first-order valence-corrected chi connectivity index (χ1v) is 15.0. The van der Waals surface area contributed by atoms with Gasteiger partial charge in [-0.15, -0.1) is 4.40 Å². The summed E-state index contributed by atoms with van der Waals surface area (Å²) in [6, 6.07) is 0.00579. The minimum absolute atomic E-state index is 0.0959. The Labute approximate surface area is 219 Å². The summed E-state index contributed by atoms with van der Waals surface area (Å²) < 4.78 is 29.1. The van der Waals surface area contributed by atoms with E-state index in [1.165, 1.54) is 28.4 Å². The summed E-state index contributed by atoms with van der Waals surface area (Å²) in [5.74, 6) is 5.53. The van der Waals surface area contributed by atoms with E-state index in [1.54, 1.807) is 13.8 Å². The van der Waals surface area contributed by atoms with Gasteiger partial charge in [0.05, 0.1) is 6.04 Å². The first kappa shape index (κ1) is 32.3. The van der Waals surface area contributed by atoms with E-state index in [4.69, 9.17) is 0 Å². The quantitative estimate of drug-likeness (QED) is 0.506. The number of hydrogen-bond donors (Lipinski definition) is 2. The highest BCUT2D eigenvalue weighted by Gasteiger charge is 2.33. The van der Waals surface area contributed by atoms with Gasteiger partial charge in [-0.25, -0.2) is 9.48 Å². The van der Waals surface area contributed by atoms with Crippen molar-refractivity contribution in [2.75, 3.05) is 0 Å². The Morgan fingerprint density at radius 3 is 1.53 bits per heavy atom. The second-order valence-electron chi connectivity index (χ2n) is 11.9. The predicted octanol–water partition coefficient (Wildman–Crippen LogP) is 5.50. The Kier molecular flexibility index (Phi) is 12.4. The number of nitrogens with zero attached hydrogens (tertiary/aromatic N) is 4. The van der Waals surface area contributed by atoms with Crippen LogP contribution in [0.15, 0.2) is 9.19 Å². The van der Waals surface area contributed by atoms with Gasteiger partial charge in [0, 0.05) is 17.9 Å². The van der Waals surface area contributed by atoms with Crippen molar-refractivity contribution < 1.29 is 8.42 Å². The maximum atomic E-state index is 11.4. The summed E-state index contributed by atoms with van der Waals surface area (Å²) in [5, 5.41) is 4.16. The van der Waals surface area contributed by atoms with Gasteiger partial charge in [-0.3, -0.25) is 10.4 Å². The van der Waals surface area contributed by atoms with Crippen LogP contribution in [0.1, 0.15) is 120 Å². The molecule has 3 rings (SSSR count). The molecule has 0 aromatic carbocycles. The second kappa shape index (κ2) is 13.7. The zero-order valence-corrected chi connectivity index (χ0v) is 25.5. The Balaban J connectivity index is 0.000000271. The molecule has 0 amide bonds. The summed E-state index contributed by atoms with van der Waals surface area (Å²) in [5.41, 5.74) is 2.66. The van der Waals surface area contributed by atoms with Gasteiger partial charge in [0.1, 0.15) is 11.7 Å². The number of amidine groups is 1. The first-order valence-electron chi connectivity index (χ1n) is 13.6. The molecule has 9 nitrogen and oxygen atoms in total. The third-order valence-electron chi connectivity index (χ3n) is 6.80. The lowest BCUT2D eigenvalue weighted by molar-refractivity contribution is 0.326. The zero-order valence-electron chi connectivity index (χ0n) is 24.7. The second-order valence-corrected chi connectivity index (χ2v) is 13.4. The third kappa shape index (κ3) is 9.32. The van der Waals surface area contributed by atoms with E-state index in [2.05, 4.69) is 47.6 Å². The van der Waals surface area contributed by atoms with Crippen molar-refractivity contribution in [3.63, 3.8) is 0 Å². The molecule has 10 heteroatoms. The SMILES string of the molecule is CC(C)C1=NS(=O)(=O)N(C(C)C)N1.CC(C)C1CCC(C(C)C)C1.CC(C)c1nn(C(C)C)c(=O)[nH]1. The highest BCUT2D eigenvalue weighted by atomic mass is 32.2. The van der Waals surface area contributed by atoms with E-state index in [0.29, 0.717) is 5.84 Å². The van der Waals surface area contributed by atoms with E-state index in [1.807, 2.05) is 41.5 Å². The van der Waals surface area contributed by atoms with Crippen molar-refractivity contribution in [1.29, 1.82) is 0 Å². The molecule has 2 unspecified atom stereocenters. The molecule has 1 aromatic heterocycles. The Bertz CT molecular complexity index is 976. The molecule has 2 N–H and O–H groups in total. The van der Waals surface area contributed by atoms with Crippen molar-refractivity contribution in [2.45, 2.75) is 120 Å². The standard InChI is InChI=1S/C11H22.C8H15N3O.C7H15N3O2S/c1-8(2)10-5-6-11(7-10)9(3)4;1-5(2)7-9-8(12)11(10-7)6(3)4;1-5(2)7-8-10(6(3)4)13(11,12)9-7/h8-11H,5-7H2,1-4H3;5-6H,1-4H3,(H,9,10,12);5-6H,1-4H3,(H,8,9).